The van der Waals surface area contributed by atoms with E-state index in [1.165, 1.54) is 6.08 Å². The summed E-state index contributed by atoms with van der Waals surface area (Å²) in [7, 11) is 0. The van der Waals surface area contributed by atoms with Crippen LogP contribution in [0.4, 0.5) is 4.79 Å². The lowest BCUT2D eigenvalue weighted by molar-refractivity contribution is -0.137. The van der Waals surface area contributed by atoms with Gasteiger partial charge in [-0.1, -0.05) is 23.7 Å². The van der Waals surface area contributed by atoms with Crippen LogP contribution >= 0.6 is 11.6 Å². The zero-order chi connectivity index (χ0) is 25.9. The number of likely N-dealkylation sites (tertiary alicyclic amines) is 1. The van der Waals surface area contributed by atoms with Crippen LogP contribution in [0.25, 0.3) is 11.6 Å². The lowest BCUT2D eigenvalue weighted by atomic mass is 9.76. The van der Waals surface area contributed by atoms with Gasteiger partial charge in [-0.05, 0) is 99.1 Å². The summed E-state index contributed by atoms with van der Waals surface area (Å²) >= 11 is 6.44. The molecule has 1 aromatic heterocycles. The Labute approximate surface area is 217 Å². The van der Waals surface area contributed by atoms with Gasteiger partial charge in [0.1, 0.15) is 5.60 Å². The highest BCUT2D eigenvalue weighted by Gasteiger charge is 2.36. The van der Waals surface area contributed by atoms with Crippen LogP contribution in [-0.4, -0.2) is 47.2 Å². The summed E-state index contributed by atoms with van der Waals surface area (Å²) in [5, 5.41) is 0.626. The number of hydrogen-bond donors (Lipinski definition) is 0. The predicted octanol–water partition coefficient (Wildman–Crippen LogP) is 6.49. The fourth-order valence-electron chi connectivity index (χ4n) is 4.96. The quantitative estimate of drug-likeness (QED) is 0.349. The standard InChI is InChI=1S/C29H33ClN2O4/c1-5-35-25(33)11-8-20-17-21-7-6-14-31-27(21)26(23-10-9-22(30)18-24(20)23)19-12-15-32(16-13-19)28(34)36-29(2,3)4/h6-11,14,17-19,26H,5,12-13,15-16H2,1-4H3. The number of aromatic nitrogens is 1. The molecule has 1 saturated heterocycles. The van der Waals surface area contributed by atoms with Gasteiger partial charge in [0.05, 0.1) is 12.3 Å². The Bertz CT molecular complexity index is 1190. The summed E-state index contributed by atoms with van der Waals surface area (Å²) in [5.41, 5.74) is 4.45. The molecular weight excluding hydrogens is 476 g/mol. The first-order valence-corrected chi connectivity index (χ1v) is 12.8. The fourth-order valence-corrected chi connectivity index (χ4v) is 5.13. The molecule has 4 rings (SSSR count). The minimum absolute atomic E-state index is 0.0268. The van der Waals surface area contributed by atoms with Crippen molar-refractivity contribution in [3.05, 3.63) is 76.1 Å². The third-order valence-electron chi connectivity index (χ3n) is 6.49. The Morgan fingerprint density at radius 2 is 1.94 bits per heavy atom. The maximum Gasteiger partial charge on any atom is 0.410 e. The van der Waals surface area contributed by atoms with Gasteiger partial charge in [-0.25, -0.2) is 9.59 Å². The number of fused-ring (bicyclic) bond motifs is 2. The van der Waals surface area contributed by atoms with Crippen molar-refractivity contribution in [2.45, 2.75) is 52.1 Å². The van der Waals surface area contributed by atoms with Crippen LogP contribution in [0, 0.1) is 5.92 Å². The number of benzene rings is 1. The molecule has 1 unspecified atom stereocenters. The van der Waals surface area contributed by atoms with E-state index in [0.717, 1.165) is 40.8 Å². The molecule has 0 saturated carbocycles. The van der Waals surface area contributed by atoms with Crippen molar-refractivity contribution >= 4 is 35.3 Å². The second kappa shape index (κ2) is 10.9. The fraction of sp³-hybridized carbons (Fsp3) is 0.414. The van der Waals surface area contributed by atoms with Gasteiger partial charge in [0.15, 0.2) is 0 Å². The molecule has 0 bridgehead atoms. The van der Waals surface area contributed by atoms with Crippen LogP contribution in [-0.2, 0) is 14.3 Å². The molecule has 7 heteroatoms. The number of rotatable bonds is 4. The third kappa shape index (κ3) is 5.98. The van der Waals surface area contributed by atoms with Crippen molar-refractivity contribution in [3.8, 4) is 0 Å². The zero-order valence-corrected chi connectivity index (χ0v) is 22.0. The van der Waals surface area contributed by atoms with Crippen LogP contribution in [0.2, 0.25) is 5.02 Å². The Morgan fingerprint density at radius 1 is 1.19 bits per heavy atom. The number of halogens is 1. The summed E-state index contributed by atoms with van der Waals surface area (Å²) in [6.45, 7) is 9.01. The van der Waals surface area contributed by atoms with Crippen LogP contribution in [0.15, 0.2) is 48.7 Å². The first-order chi connectivity index (χ1) is 17.2. The summed E-state index contributed by atoms with van der Waals surface area (Å²) in [4.78, 5) is 31.3. The summed E-state index contributed by atoms with van der Waals surface area (Å²) in [5.74, 6) is -0.0817. The molecule has 1 fully saturated rings. The number of allylic oxidation sites excluding steroid dienone is 2. The van der Waals surface area contributed by atoms with E-state index in [2.05, 4.69) is 18.2 Å². The number of esters is 1. The number of nitrogens with zero attached hydrogens (tertiary/aromatic N) is 2. The van der Waals surface area contributed by atoms with E-state index >= 15 is 0 Å². The number of pyridine rings is 1. The highest BCUT2D eigenvalue weighted by atomic mass is 35.5. The maximum absolute atomic E-state index is 12.6. The van der Waals surface area contributed by atoms with Crippen LogP contribution in [0.1, 0.15) is 68.8 Å². The van der Waals surface area contributed by atoms with Crippen molar-refractivity contribution in [2.75, 3.05) is 19.7 Å². The van der Waals surface area contributed by atoms with Gasteiger partial charge in [-0.2, -0.15) is 0 Å². The molecule has 1 aliphatic carbocycles. The number of hydrogen-bond acceptors (Lipinski definition) is 5. The second-order valence-electron chi connectivity index (χ2n) is 10.2. The molecule has 190 valence electrons. The molecule has 0 N–H and O–H groups in total. The second-order valence-corrected chi connectivity index (χ2v) is 10.6. The molecule has 2 aliphatic rings. The maximum atomic E-state index is 12.6. The minimum Gasteiger partial charge on any atom is -0.463 e. The minimum atomic E-state index is -0.518. The van der Waals surface area contributed by atoms with Crippen molar-refractivity contribution in [2.24, 2.45) is 5.92 Å². The predicted molar refractivity (Wildman–Crippen MR) is 142 cm³/mol. The van der Waals surface area contributed by atoms with Gasteiger partial charge in [0, 0.05) is 36.3 Å². The van der Waals surface area contributed by atoms with Crippen molar-refractivity contribution in [1.82, 2.24) is 9.88 Å². The first-order valence-electron chi connectivity index (χ1n) is 12.5. The van der Waals surface area contributed by atoms with Gasteiger partial charge in [-0.3, -0.25) is 4.98 Å². The lowest BCUT2D eigenvalue weighted by Gasteiger charge is -2.37. The molecule has 0 radical (unpaired) electrons. The summed E-state index contributed by atoms with van der Waals surface area (Å²) in [6, 6.07) is 9.90. The van der Waals surface area contributed by atoms with Gasteiger partial charge >= 0.3 is 12.1 Å². The lowest BCUT2D eigenvalue weighted by Crippen LogP contribution is -2.42. The molecule has 1 amide bonds. The van der Waals surface area contributed by atoms with Gasteiger partial charge in [0.2, 0.25) is 0 Å². The summed E-state index contributed by atoms with van der Waals surface area (Å²) in [6.07, 6.45) is 8.52. The SMILES string of the molecule is CCOC(=O)C=CC1=Cc2cccnc2C(C2CCN(C(=O)OC(C)(C)C)CC2)c2ccc(Cl)cc21. The number of piperidine rings is 1. The highest BCUT2D eigenvalue weighted by molar-refractivity contribution is 6.30. The first kappa shape index (κ1) is 26.0. The summed E-state index contributed by atoms with van der Waals surface area (Å²) < 4.78 is 10.7. The number of carbonyl (C=O) groups is 2. The topological polar surface area (TPSA) is 68.7 Å². The molecule has 36 heavy (non-hydrogen) atoms. The van der Waals surface area contributed by atoms with Crippen LogP contribution < -0.4 is 0 Å². The van der Waals surface area contributed by atoms with E-state index in [9.17, 15) is 9.59 Å². The van der Waals surface area contributed by atoms with Crippen LogP contribution in [0.3, 0.4) is 0 Å². The third-order valence-corrected chi connectivity index (χ3v) is 6.72. The molecule has 1 atom stereocenters. The smallest absolute Gasteiger partial charge is 0.410 e. The average Bonchev–Trinajstić information content (AvgIpc) is 2.96. The number of carbonyl (C=O) groups excluding carboxylic acids is 2. The molecular formula is C29H33ClN2O4. The molecule has 6 nitrogen and oxygen atoms in total. The van der Waals surface area contributed by atoms with Crippen molar-refractivity contribution < 1.29 is 19.1 Å². The van der Waals surface area contributed by atoms with Crippen molar-refractivity contribution in [3.63, 3.8) is 0 Å². The van der Waals surface area contributed by atoms with Gasteiger partial charge < -0.3 is 14.4 Å². The van der Waals surface area contributed by atoms with E-state index in [1.807, 2.05) is 45.2 Å². The molecule has 1 aliphatic heterocycles. The van der Waals surface area contributed by atoms with Gasteiger partial charge in [0.25, 0.3) is 0 Å². The molecule has 0 spiro atoms. The molecule has 2 heterocycles. The average molecular weight is 509 g/mol. The molecule has 1 aromatic carbocycles. The Kier molecular flexibility index (Phi) is 7.84. The van der Waals surface area contributed by atoms with E-state index < -0.39 is 5.60 Å². The monoisotopic (exact) mass is 508 g/mol. The van der Waals surface area contributed by atoms with E-state index in [4.69, 9.17) is 26.1 Å². The van der Waals surface area contributed by atoms with E-state index in [-0.39, 0.29) is 23.9 Å². The van der Waals surface area contributed by atoms with E-state index in [0.29, 0.717) is 24.7 Å². The number of amides is 1. The Hall–Kier alpha value is -3.12. The highest BCUT2D eigenvalue weighted by Crippen LogP contribution is 2.45. The van der Waals surface area contributed by atoms with Crippen molar-refractivity contribution in [1.29, 1.82) is 0 Å². The largest absolute Gasteiger partial charge is 0.463 e. The van der Waals surface area contributed by atoms with Gasteiger partial charge in [-0.15, -0.1) is 0 Å². The number of ether oxygens (including phenoxy) is 2. The molecule has 2 aromatic rings. The zero-order valence-electron chi connectivity index (χ0n) is 21.3. The Balaban J connectivity index is 1.69. The Morgan fingerprint density at radius 3 is 2.64 bits per heavy atom. The van der Waals surface area contributed by atoms with Crippen LogP contribution in [0.5, 0.6) is 0 Å². The van der Waals surface area contributed by atoms with E-state index in [1.54, 1.807) is 17.9 Å². The normalized spacial score (nSPS) is 18.2.